The first-order chi connectivity index (χ1) is 11.5. The molecule has 0 aromatic heterocycles. The molecule has 0 bridgehead atoms. The Labute approximate surface area is 140 Å². The highest BCUT2D eigenvalue weighted by Crippen LogP contribution is 1.97. The van der Waals surface area contributed by atoms with Gasteiger partial charge in [-0.05, 0) is 12.5 Å². The average Bonchev–Trinajstić information content (AvgIpc) is 2.59. The highest BCUT2D eigenvalue weighted by atomic mass is 16.5. The first kappa shape index (κ1) is 19.3. The number of amides is 3. The van der Waals surface area contributed by atoms with Gasteiger partial charge in [0.25, 0.3) is 0 Å². The number of ether oxygens (including phenoxy) is 1. The summed E-state index contributed by atoms with van der Waals surface area (Å²) in [5, 5.41) is 8.84. The molecule has 0 aliphatic heterocycles. The normalized spacial score (nSPS) is 10.8. The molecular formula is C16H22N4O4. The molecule has 130 valence electrons. The SMILES string of the molecule is COCCNC(=O)C(=O)NN=C(C)CC(=O)NCc1ccccc1. The fraction of sp³-hybridized carbons (Fsp3) is 0.375. The van der Waals surface area contributed by atoms with Crippen molar-refractivity contribution in [3.05, 3.63) is 35.9 Å². The molecule has 0 saturated carbocycles. The van der Waals surface area contributed by atoms with Gasteiger partial charge in [-0.3, -0.25) is 14.4 Å². The van der Waals surface area contributed by atoms with Crippen molar-refractivity contribution >= 4 is 23.4 Å². The summed E-state index contributed by atoms with van der Waals surface area (Å²) in [6.45, 7) is 2.54. The zero-order chi connectivity index (χ0) is 17.8. The Bertz CT molecular complexity index is 587. The molecule has 3 N–H and O–H groups in total. The summed E-state index contributed by atoms with van der Waals surface area (Å²) in [7, 11) is 1.49. The molecule has 1 rings (SSSR count). The van der Waals surface area contributed by atoms with E-state index in [0.717, 1.165) is 5.56 Å². The van der Waals surface area contributed by atoms with Crippen LogP contribution >= 0.6 is 0 Å². The van der Waals surface area contributed by atoms with Crippen molar-refractivity contribution < 1.29 is 19.1 Å². The molecule has 0 saturated heterocycles. The van der Waals surface area contributed by atoms with Gasteiger partial charge in [0.1, 0.15) is 0 Å². The number of methoxy groups -OCH3 is 1. The summed E-state index contributed by atoms with van der Waals surface area (Å²) >= 11 is 0. The molecule has 0 unspecified atom stereocenters. The van der Waals surface area contributed by atoms with Gasteiger partial charge in [-0.25, -0.2) is 5.43 Å². The summed E-state index contributed by atoms with van der Waals surface area (Å²) in [6.07, 6.45) is 0.0262. The zero-order valence-corrected chi connectivity index (χ0v) is 13.8. The predicted molar refractivity (Wildman–Crippen MR) is 89.0 cm³/mol. The van der Waals surface area contributed by atoms with Crippen LogP contribution in [0, 0.1) is 0 Å². The lowest BCUT2D eigenvalue weighted by Crippen LogP contribution is -2.39. The topological polar surface area (TPSA) is 109 Å². The maximum absolute atomic E-state index is 11.8. The number of hydrazone groups is 1. The lowest BCUT2D eigenvalue weighted by molar-refractivity contribution is -0.139. The molecule has 0 fully saturated rings. The van der Waals surface area contributed by atoms with Crippen molar-refractivity contribution in [2.45, 2.75) is 19.9 Å². The van der Waals surface area contributed by atoms with E-state index in [1.54, 1.807) is 6.92 Å². The van der Waals surface area contributed by atoms with E-state index in [1.807, 2.05) is 30.3 Å². The third-order valence-electron chi connectivity index (χ3n) is 2.90. The minimum absolute atomic E-state index is 0.0262. The van der Waals surface area contributed by atoms with E-state index in [4.69, 9.17) is 4.74 Å². The molecule has 0 radical (unpaired) electrons. The van der Waals surface area contributed by atoms with Gasteiger partial charge in [-0.15, -0.1) is 0 Å². The maximum Gasteiger partial charge on any atom is 0.329 e. The van der Waals surface area contributed by atoms with Crippen LogP contribution in [-0.4, -0.2) is 43.7 Å². The molecule has 1 aromatic carbocycles. The van der Waals surface area contributed by atoms with E-state index in [-0.39, 0.29) is 18.9 Å². The van der Waals surface area contributed by atoms with Crippen LogP contribution in [-0.2, 0) is 25.7 Å². The standard InChI is InChI=1S/C16H22N4O4/c1-12(19-20-16(23)15(22)17-8-9-24-2)10-14(21)18-11-13-6-4-3-5-7-13/h3-7H,8-11H2,1-2H3,(H,17,22)(H,18,21)(H,20,23). The molecule has 0 aliphatic carbocycles. The van der Waals surface area contributed by atoms with E-state index >= 15 is 0 Å². The molecule has 1 aromatic rings. The Morgan fingerprint density at radius 3 is 2.46 bits per heavy atom. The van der Waals surface area contributed by atoms with Crippen LogP contribution in [0.4, 0.5) is 0 Å². The Hall–Kier alpha value is -2.74. The van der Waals surface area contributed by atoms with Crippen LogP contribution in [0.3, 0.4) is 0 Å². The number of carbonyl (C=O) groups is 3. The van der Waals surface area contributed by atoms with Crippen LogP contribution in [0.2, 0.25) is 0 Å². The quantitative estimate of drug-likeness (QED) is 0.268. The maximum atomic E-state index is 11.8. The largest absolute Gasteiger partial charge is 0.383 e. The Morgan fingerprint density at radius 1 is 1.08 bits per heavy atom. The molecule has 0 aliphatic rings. The lowest BCUT2D eigenvalue weighted by Gasteiger charge is -2.06. The molecule has 8 nitrogen and oxygen atoms in total. The highest BCUT2D eigenvalue weighted by Gasteiger charge is 2.12. The number of rotatable bonds is 8. The van der Waals surface area contributed by atoms with Gasteiger partial charge in [-0.2, -0.15) is 5.10 Å². The van der Waals surface area contributed by atoms with Crippen LogP contribution < -0.4 is 16.1 Å². The average molecular weight is 334 g/mol. The van der Waals surface area contributed by atoms with Crippen molar-refractivity contribution in [1.82, 2.24) is 16.1 Å². The Kier molecular flexibility index (Phi) is 8.77. The number of carbonyl (C=O) groups excluding carboxylic acids is 3. The van der Waals surface area contributed by atoms with E-state index in [0.29, 0.717) is 18.9 Å². The van der Waals surface area contributed by atoms with E-state index in [9.17, 15) is 14.4 Å². The van der Waals surface area contributed by atoms with Gasteiger partial charge in [0, 0.05) is 25.9 Å². The molecule has 3 amide bonds. The van der Waals surface area contributed by atoms with Crippen molar-refractivity contribution in [2.75, 3.05) is 20.3 Å². The van der Waals surface area contributed by atoms with Gasteiger partial charge in [-0.1, -0.05) is 30.3 Å². The fourth-order valence-corrected chi connectivity index (χ4v) is 1.67. The molecule has 0 heterocycles. The monoisotopic (exact) mass is 334 g/mol. The molecule has 24 heavy (non-hydrogen) atoms. The second-order valence-corrected chi connectivity index (χ2v) is 4.98. The zero-order valence-electron chi connectivity index (χ0n) is 13.8. The van der Waals surface area contributed by atoms with Gasteiger partial charge < -0.3 is 15.4 Å². The third-order valence-corrected chi connectivity index (χ3v) is 2.90. The minimum Gasteiger partial charge on any atom is -0.383 e. The lowest BCUT2D eigenvalue weighted by atomic mass is 10.2. The van der Waals surface area contributed by atoms with Gasteiger partial charge in [0.05, 0.1) is 13.0 Å². The number of hydrogen-bond donors (Lipinski definition) is 3. The smallest absolute Gasteiger partial charge is 0.329 e. The summed E-state index contributed by atoms with van der Waals surface area (Å²) in [5.41, 5.74) is 3.48. The first-order valence-corrected chi connectivity index (χ1v) is 7.43. The third kappa shape index (κ3) is 8.04. The number of nitrogens with zero attached hydrogens (tertiary/aromatic N) is 1. The second-order valence-electron chi connectivity index (χ2n) is 4.98. The van der Waals surface area contributed by atoms with Crippen LogP contribution in [0.5, 0.6) is 0 Å². The summed E-state index contributed by atoms with van der Waals surface area (Å²) < 4.78 is 4.75. The predicted octanol–water partition coefficient (Wildman–Crippen LogP) is -0.0524. The van der Waals surface area contributed by atoms with Gasteiger partial charge in [0.15, 0.2) is 0 Å². The Morgan fingerprint density at radius 2 is 1.79 bits per heavy atom. The fourth-order valence-electron chi connectivity index (χ4n) is 1.67. The van der Waals surface area contributed by atoms with Crippen molar-refractivity contribution in [2.24, 2.45) is 5.10 Å². The highest BCUT2D eigenvalue weighted by molar-refractivity contribution is 6.35. The minimum atomic E-state index is -0.893. The van der Waals surface area contributed by atoms with Crippen LogP contribution in [0.25, 0.3) is 0 Å². The van der Waals surface area contributed by atoms with Gasteiger partial charge in [0.2, 0.25) is 5.91 Å². The molecule has 0 spiro atoms. The molecule has 0 atom stereocenters. The molecular weight excluding hydrogens is 312 g/mol. The summed E-state index contributed by atoms with van der Waals surface area (Å²) in [6, 6.07) is 9.49. The number of benzene rings is 1. The van der Waals surface area contributed by atoms with E-state index in [1.165, 1.54) is 7.11 Å². The van der Waals surface area contributed by atoms with Gasteiger partial charge >= 0.3 is 11.8 Å². The van der Waals surface area contributed by atoms with Crippen LogP contribution in [0.1, 0.15) is 18.9 Å². The first-order valence-electron chi connectivity index (χ1n) is 7.43. The number of nitrogens with one attached hydrogen (secondary N) is 3. The van der Waals surface area contributed by atoms with E-state index < -0.39 is 11.8 Å². The van der Waals surface area contributed by atoms with Crippen molar-refractivity contribution in [3.8, 4) is 0 Å². The van der Waals surface area contributed by atoms with Crippen molar-refractivity contribution in [1.29, 1.82) is 0 Å². The molecule has 8 heteroatoms. The van der Waals surface area contributed by atoms with Crippen molar-refractivity contribution in [3.63, 3.8) is 0 Å². The second kappa shape index (κ2) is 10.9. The van der Waals surface area contributed by atoms with E-state index in [2.05, 4.69) is 21.2 Å². The van der Waals surface area contributed by atoms with Crippen LogP contribution in [0.15, 0.2) is 35.4 Å². The Balaban J connectivity index is 2.31. The summed E-state index contributed by atoms with van der Waals surface area (Å²) in [4.78, 5) is 34.6. The number of hydrogen-bond acceptors (Lipinski definition) is 5. The summed E-state index contributed by atoms with van der Waals surface area (Å²) in [5.74, 6) is -1.92.